The van der Waals surface area contributed by atoms with Crippen molar-refractivity contribution in [3.8, 4) is 22.9 Å². The highest BCUT2D eigenvalue weighted by atomic mass is 32.2. The quantitative estimate of drug-likeness (QED) is 0.885. The Morgan fingerprint density at radius 3 is 2.64 bits per heavy atom. The maximum atomic E-state index is 12.8. The fraction of sp³-hybridized carbons (Fsp3) is 0.294. The van der Waals surface area contributed by atoms with Crippen molar-refractivity contribution < 1.29 is 13.2 Å². The maximum absolute atomic E-state index is 12.8. The van der Waals surface area contributed by atoms with Gasteiger partial charge in [0.1, 0.15) is 17.5 Å². The molecule has 0 atom stereocenters. The molecule has 1 fully saturated rings. The number of pyridine rings is 1. The fourth-order valence-corrected chi connectivity index (χ4v) is 4.72. The molecule has 2 aliphatic heterocycles. The van der Waals surface area contributed by atoms with Gasteiger partial charge in [0, 0.05) is 24.8 Å². The summed E-state index contributed by atoms with van der Waals surface area (Å²) in [4.78, 5) is 4.22. The van der Waals surface area contributed by atoms with Crippen LogP contribution in [0.3, 0.4) is 0 Å². The van der Waals surface area contributed by atoms with Crippen LogP contribution in [-0.2, 0) is 10.0 Å². The monoisotopic (exact) mass is 356 g/mol. The molecule has 0 amide bonds. The summed E-state index contributed by atoms with van der Waals surface area (Å²) in [7, 11) is -3.44. The SMILES string of the molecule is N#Cc1ccc(-c2cncc3c2OCCN3S(=O)(=O)C2CNC2)cc1. The molecule has 0 saturated carbocycles. The summed E-state index contributed by atoms with van der Waals surface area (Å²) in [6.07, 6.45) is 3.19. The van der Waals surface area contributed by atoms with Gasteiger partial charge in [-0.3, -0.25) is 9.29 Å². The van der Waals surface area contributed by atoms with E-state index in [1.54, 1.807) is 18.3 Å². The van der Waals surface area contributed by atoms with E-state index in [1.165, 1.54) is 10.5 Å². The highest BCUT2D eigenvalue weighted by Gasteiger charge is 2.39. The van der Waals surface area contributed by atoms with E-state index in [1.807, 2.05) is 12.1 Å². The van der Waals surface area contributed by atoms with Crippen LogP contribution in [0.2, 0.25) is 0 Å². The summed E-state index contributed by atoms with van der Waals surface area (Å²) in [5, 5.41) is 11.5. The topological polar surface area (TPSA) is 95.3 Å². The lowest BCUT2D eigenvalue weighted by molar-refractivity contribution is 0.316. The largest absolute Gasteiger partial charge is 0.489 e. The fourth-order valence-electron chi connectivity index (χ4n) is 2.97. The van der Waals surface area contributed by atoms with Crippen LogP contribution < -0.4 is 14.4 Å². The van der Waals surface area contributed by atoms with Crippen LogP contribution in [0.15, 0.2) is 36.7 Å². The molecule has 0 spiro atoms. The predicted octanol–water partition coefficient (Wildman–Crippen LogP) is 1.12. The Bertz CT molecular complexity index is 947. The molecule has 1 aromatic heterocycles. The summed E-state index contributed by atoms with van der Waals surface area (Å²) < 4.78 is 32.9. The van der Waals surface area contributed by atoms with Crippen LogP contribution in [0.1, 0.15) is 5.56 Å². The molecule has 1 saturated heterocycles. The van der Waals surface area contributed by atoms with E-state index in [4.69, 9.17) is 10.00 Å². The third-order valence-corrected chi connectivity index (χ3v) is 6.65. The number of ether oxygens (including phenoxy) is 1. The third-order valence-electron chi connectivity index (χ3n) is 4.48. The minimum absolute atomic E-state index is 0.282. The number of benzene rings is 1. The van der Waals surface area contributed by atoms with Crippen molar-refractivity contribution >= 4 is 15.7 Å². The normalized spacial score (nSPS) is 17.2. The lowest BCUT2D eigenvalue weighted by Gasteiger charge is -2.36. The summed E-state index contributed by atoms with van der Waals surface area (Å²) in [6, 6.07) is 9.12. The summed E-state index contributed by atoms with van der Waals surface area (Å²) >= 11 is 0. The molecule has 0 aliphatic carbocycles. The number of nitrogens with one attached hydrogen (secondary N) is 1. The third kappa shape index (κ3) is 2.62. The Morgan fingerprint density at radius 2 is 2.00 bits per heavy atom. The van der Waals surface area contributed by atoms with E-state index in [0.29, 0.717) is 42.3 Å². The Morgan fingerprint density at radius 1 is 1.24 bits per heavy atom. The smallest absolute Gasteiger partial charge is 0.240 e. The second-order valence-corrected chi connectivity index (χ2v) is 8.11. The number of rotatable bonds is 3. The van der Waals surface area contributed by atoms with Gasteiger partial charge in [-0.2, -0.15) is 5.26 Å². The van der Waals surface area contributed by atoms with Gasteiger partial charge in [0.2, 0.25) is 10.0 Å². The first-order valence-corrected chi connectivity index (χ1v) is 9.45. The van der Waals surface area contributed by atoms with E-state index < -0.39 is 15.3 Å². The van der Waals surface area contributed by atoms with E-state index >= 15 is 0 Å². The van der Waals surface area contributed by atoms with Crippen molar-refractivity contribution in [3.05, 3.63) is 42.2 Å². The predicted molar refractivity (Wildman–Crippen MR) is 92.8 cm³/mol. The average molecular weight is 356 g/mol. The number of hydrogen-bond acceptors (Lipinski definition) is 6. The van der Waals surface area contributed by atoms with Crippen molar-refractivity contribution in [2.24, 2.45) is 0 Å². The highest BCUT2D eigenvalue weighted by Crippen LogP contribution is 2.41. The second-order valence-electron chi connectivity index (χ2n) is 5.97. The second kappa shape index (κ2) is 6.02. The first kappa shape index (κ1) is 15.9. The average Bonchev–Trinajstić information content (AvgIpc) is 2.59. The number of fused-ring (bicyclic) bond motifs is 1. The van der Waals surface area contributed by atoms with Crippen molar-refractivity contribution in [2.75, 3.05) is 30.5 Å². The zero-order valence-corrected chi connectivity index (χ0v) is 14.2. The lowest BCUT2D eigenvalue weighted by atomic mass is 10.0. The molecular formula is C17H16N4O3S. The van der Waals surface area contributed by atoms with Crippen LogP contribution in [0.25, 0.3) is 11.1 Å². The van der Waals surface area contributed by atoms with Crippen LogP contribution in [-0.4, -0.2) is 44.9 Å². The van der Waals surface area contributed by atoms with Crippen molar-refractivity contribution in [1.82, 2.24) is 10.3 Å². The minimum atomic E-state index is -3.44. The summed E-state index contributed by atoms with van der Waals surface area (Å²) in [5.74, 6) is 0.516. The first-order valence-electron chi connectivity index (χ1n) is 7.95. The standard InChI is InChI=1S/C17H16N4O3S/c18-7-12-1-3-13(4-2-12)15-10-20-11-16-17(15)24-6-5-21(16)25(22,23)14-8-19-9-14/h1-4,10-11,14,19H,5-6,8-9H2. The Hall–Kier alpha value is -2.63. The van der Waals surface area contributed by atoms with Crippen LogP contribution in [0, 0.1) is 11.3 Å². The van der Waals surface area contributed by atoms with Gasteiger partial charge in [-0.15, -0.1) is 0 Å². The van der Waals surface area contributed by atoms with Gasteiger partial charge >= 0.3 is 0 Å². The minimum Gasteiger partial charge on any atom is -0.489 e. The number of nitrogens with zero attached hydrogens (tertiary/aromatic N) is 3. The number of hydrogen-bond donors (Lipinski definition) is 1. The molecule has 25 heavy (non-hydrogen) atoms. The molecule has 8 heteroatoms. The molecular weight excluding hydrogens is 340 g/mol. The van der Waals surface area contributed by atoms with Crippen LogP contribution in [0.4, 0.5) is 5.69 Å². The molecule has 4 rings (SSSR count). The van der Waals surface area contributed by atoms with Crippen LogP contribution in [0.5, 0.6) is 5.75 Å². The molecule has 1 N–H and O–H groups in total. The van der Waals surface area contributed by atoms with Crippen LogP contribution >= 0.6 is 0 Å². The number of aromatic nitrogens is 1. The molecule has 1 aromatic carbocycles. The summed E-state index contributed by atoms with van der Waals surface area (Å²) in [6.45, 7) is 1.51. The van der Waals surface area contributed by atoms with Crippen molar-refractivity contribution in [1.29, 1.82) is 5.26 Å². The molecule has 2 aromatic rings. The van der Waals surface area contributed by atoms with Gasteiger partial charge in [0.25, 0.3) is 0 Å². The number of nitriles is 1. The van der Waals surface area contributed by atoms with Gasteiger partial charge in [-0.1, -0.05) is 12.1 Å². The first-order chi connectivity index (χ1) is 12.1. The van der Waals surface area contributed by atoms with Gasteiger partial charge in [-0.25, -0.2) is 8.42 Å². The molecule has 128 valence electrons. The summed E-state index contributed by atoms with van der Waals surface area (Å²) in [5.41, 5.74) is 2.57. The Kier molecular flexibility index (Phi) is 3.82. The van der Waals surface area contributed by atoms with E-state index in [0.717, 1.165) is 5.56 Å². The van der Waals surface area contributed by atoms with Crippen molar-refractivity contribution in [3.63, 3.8) is 0 Å². The molecule has 0 radical (unpaired) electrons. The lowest BCUT2D eigenvalue weighted by Crippen LogP contribution is -2.57. The maximum Gasteiger partial charge on any atom is 0.240 e. The molecule has 0 unspecified atom stereocenters. The molecule has 3 heterocycles. The van der Waals surface area contributed by atoms with Crippen molar-refractivity contribution in [2.45, 2.75) is 5.25 Å². The highest BCUT2D eigenvalue weighted by molar-refractivity contribution is 7.93. The van der Waals surface area contributed by atoms with Gasteiger partial charge in [-0.05, 0) is 17.7 Å². The number of sulfonamides is 1. The van der Waals surface area contributed by atoms with Gasteiger partial charge in [0.15, 0.2) is 5.75 Å². The zero-order chi connectivity index (χ0) is 17.4. The van der Waals surface area contributed by atoms with E-state index in [-0.39, 0.29) is 6.54 Å². The van der Waals surface area contributed by atoms with Gasteiger partial charge in [0.05, 0.1) is 24.4 Å². The zero-order valence-electron chi connectivity index (χ0n) is 13.3. The molecule has 7 nitrogen and oxygen atoms in total. The Balaban J connectivity index is 1.78. The van der Waals surface area contributed by atoms with E-state index in [2.05, 4.69) is 16.4 Å². The Labute approximate surface area is 145 Å². The number of anilines is 1. The molecule has 2 aliphatic rings. The van der Waals surface area contributed by atoms with Gasteiger partial charge < -0.3 is 10.1 Å². The molecule has 0 bridgehead atoms. The van der Waals surface area contributed by atoms with E-state index in [9.17, 15) is 8.42 Å².